The molecule has 114 valence electrons. The summed E-state index contributed by atoms with van der Waals surface area (Å²) in [6, 6.07) is 10.4. The van der Waals surface area contributed by atoms with Gasteiger partial charge in [-0.15, -0.1) is 11.3 Å². The predicted molar refractivity (Wildman–Crippen MR) is 86.6 cm³/mol. The topological polar surface area (TPSA) is 72.2 Å². The smallest absolute Gasteiger partial charge is 0.241 e. The number of sulfonamides is 1. The van der Waals surface area contributed by atoms with Crippen LogP contribution in [0.25, 0.3) is 0 Å². The van der Waals surface area contributed by atoms with E-state index in [-0.39, 0.29) is 10.9 Å². The molecule has 1 heterocycles. The number of rotatable bonds is 7. The number of nitrogens with two attached hydrogens (primary N) is 1. The van der Waals surface area contributed by atoms with Crippen LogP contribution in [0.3, 0.4) is 0 Å². The molecule has 0 bridgehead atoms. The van der Waals surface area contributed by atoms with Crippen LogP contribution in [0, 0.1) is 0 Å². The lowest BCUT2D eigenvalue weighted by molar-refractivity contribution is 0.540. The minimum absolute atomic E-state index is 0.172. The molecular formula is C15H20N2O2S2. The van der Waals surface area contributed by atoms with Gasteiger partial charge in [-0.25, -0.2) is 13.1 Å². The summed E-state index contributed by atoms with van der Waals surface area (Å²) in [6.07, 6.45) is 1.69. The first-order chi connectivity index (χ1) is 10.1. The Labute approximate surface area is 130 Å². The molecule has 4 nitrogen and oxygen atoms in total. The third-order valence-electron chi connectivity index (χ3n) is 3.23. The lowest BCUT2D eigenvalue weighted by Gasteiger charge is -2.17. The van der Waals surface area contributed by atoms with Gasteiger partial charge in [-0.1, -0.05) is 31.5 Å². The summed E-state index contributed by atoms with van der Waals surface area (Å²) < 4.78 is 27.8. The SMILES string of the molecule is CCCC(NS(=O)(=O)c1ccc(CN)cc1)c1cccs1. The van der Waals surface area contributed by atoms with Crippen LogP contribution in [-0.4, -0.2) is 8.42 Å². The highest BCUT2D eigenvalue weighted by molar-refractivity contribution is 7.89. The predicted octanol–water partition coefficient (Wildman–Crippen LogP) is 3.03. The van der Waals surface area contributed by atoms with Crippen molar-refractivity contribution in [3.05, 3.63) is 52.2 Å². The van der Waals surface area contributed by atoms with Gasteiger partial charge in [-0.3, -0.25) is 0 Å². The summed E-state index contributed by atoms with van der Waals surface area (Å²) in [5, 5.41) is 1.96. The van der Waals surface area contributed by atoms with Crippen molar-refractivity contribution in [2.45, 2.75) is 37.2 Å². The Bertz CT molecular complexity index is 649. The summed E-state index contributed by atoms with van der Waals surface area (Å²) in [4.78, 5) is 1.32. The van der Waals surface area contributed by atoms with Crippen LogP contribution < -0.4 is 10.5 Å². The summed E-state index contributed by atoms with van der Waals surface area (Å²) in [5.74, 6) is 0. The van der Waals surface area contributed by atoms with E-state index >= 15 is 0 Å². The first kappa shape index (κ1) is 16.2. The molecule has 0 aliphatic heterocycles. The van der Waals surface area contributed by atoms with Crippen molar-refractivity contribution < 1.29 is 8.42 Å². The fourth-order valence-electron chi connectivity index (χ4n) is 2.10. The van der Waals surface area contributed by atoms with Crippen molar-refractivity contribution in [1.82, 2.24) is 4.72 Å². The molecule has 0 amide bonds. The summed E-state index contributed by atoms with van der Waals surface area (Å²) in [6.45, 7) is 2.45. The average molecular weight is 324 g/mol. The highest BCUT2D eigenvalue weighted by atomic mass is 32.2. The van der Waals surface area contributed by atoms with E-state index in [0.29, 0.717) is 6.54 Å². The van der Waals surface area contributed by atoms with Gasteiger partial charge in [-0.05, 0) is 35.6 Å². The quantitative estimate of drug-likeness (QED) is 0.822. The molecule has 21 heavy (non-hydrogen) atoms. The van der Waals surface area contributed by atoms with Gasteiger partial charge < -0.3 is 5.73 Å². The zero-order valence-corrected chi connectivity index (χ0v) is 13.6. The Morgan fingerprint density at radius 2 is 1.95 bits per heavy atom. The molecule has 1 atom stereocenters. The minimum Gasteiger partial charge on any atom is -0.326 e. The normalized spacial score (nSPS) is 13.2. The highest BCUT2D eigenvalue weighted by Crippen LogP contribution is 2.25. The molecule has 1 aromatic heterocycles. The second kappa shape index (κ2) is 7.17. The number of benzene rings is 1. The molecule has 1 aromatic carbocycles. The average Bonchev–Trinajstić information content (AvgIpc) is 3.01. The zero-order chi connectivity index (χ0) is 15.3. The largest absolute Gasteiger partial charge is 0.326 e. The van der Waals surface area contributed by atoms with Gasteiger partial charge in [0.15, 0.2) is 0 Å². The van der Waals surface area contributed by atoms with Crippen LogP contribution in [0.4, 0.5) is 0 Å². The van der Waals surface area contributed by atoms with Crippen LogP contribution in [0.5, 0.6) is 0 Å². The van der Waals surface area contributed by atoms with E-state index < -0.39 is 10.0 Å². The van der Waals surface area contributed by atoms with Gasteiger partial charge in [0, 0.05) is 11.4 Å². The third kappa shape index (κ3) is 4.14. The molecule has 2 rings (SSSR count). The van der Waals surface area contributed by atoms with E-state index in [0.717, 1.165) is 23.3 Å². The van der Waals surface area contributed by atoms with Gasteiger partial charge in [-0.2, -0.15) is 0 Å². The molecular weight excluding hydrogens is 304 g/mol. The van der Waals surface area contributed by atoms with Crippen molar-refractivity contribution in [3.63, 3.8) is 0 Å². The molecule has 1 unspecified atom stereocenters. The maximum absolute atomic E-state index is 12.5. The highest BCUT2D eigenvalue weighted by Gasteiger charge is 2.21. The van der Waals surface area contributed by atoms with Gasteiger partial charge in [0.05, 0.1) is 10.9 Å². The first-order valence-corrected chi connectivity index (χ1v) is 9.28. The lowest BCUT2D eigenvalue weighted by atomic mass is 10.1. The van der Waals surface area contributed by atoms with Crippen LogP contribution in [0.15, 0.2) is 46.7 Å². The van der Waals surface area contributed by atoms with E-state index in [1.165, 1.54) is 0 Å². The maximum atomic E-state index is 12.5. The fraction of sp³-hybridized carbons (Fsp3) is 0.333. The van der Waals surface area contributed by atoms with E-state index in [4.69, 9.17) is 5.73 Å². The number of hydrogen-bond donors (Lipinski definition) is 2. The third-order valence-corrected chi connectivity index (χ3v) is 5.70. The molecule has 0 radical (unpaired) electrons. The molecule has 2 aromatic rings. The number of hydrogen-bond acceptors (Lipinski definition) is 4. The summed E-state index contributed by atoms with van der Waals surface area (Å²) >= 11 is 1.57. The molecule has 0 fully saturated rings. The van der Waals surface area contributed by atoms with E-state index in [1.807, 2.05) is 24.4 Å². The van der Waals surface area contributed by atoms with Crippen molar-refractivity contribution in [2.75, 3.05) is 0 Å². The Morgan fingerprint density at radius 1 is 1.24 bits per heavy atom. The number of thiophene rings is 1. The Hall–Kier alpha value is -1.21. The molecule has 0 saturated heterocycles. The molecule has 0 spiro atoms. The van der Waals surface area contributed by atoms with E-state index in [1.54, 1.807) is 35.6 Å². The Kier molecular flexibility index (Phi) is 5.52. The van der Waals surface area contributed by atoms with Crippen LogP contribution in [0.2, 0.25) is 0 Å². The first-order valence-electron chi connectivity index (χ1n) is 6.91. The monoisotopic (exact) mass is 324 g/mol. The van der Waals surface area contributed by atoms with Gasteiger partial charge in [0.2, 0.25) is 10.0 Å². The zero-order valence-electron chi connectivity index (χ0n) is 12.0. The Balaban J connectivity index is 2.21. The second-order valence-electron chi connectivity index (χ2n) is 4.83. The summed E-state index contributed by atoms with van der Waals surface area (Å²) in [5.41, 5.74) is 6.44. The fourth-order valence-corrected chi connectivity index (χ4v) is 4.23. The van der Waals surface area contributed by atoms with E-state index in [2.05, 4.69) is 4.72 Å². The van der Waals surface area contributed by atoms with E-state index in [9.17, 15) is 8.42 Å². The minimum atomic E-state index is -3.52. The van der Waals surface area contributed by atoms with Crippen LogP contribution >= 0.6 is 11.3 Å². The van der Waals surface area contributed by atoms with Gasteiger partial charge in [0.1, 0.15) is 0 Å². The molecule has 3 N–H and O–H groups in total. The Morgan fingerprint density at radius 3 is 2.48 bits per heavy atom. The summed E-state index contributed by atoms with van der Waals surface area (Å²) in [7, 11) is -3.52. The standard InChI is InChI=1S/C15H20N2O2S2/c1-2-4-14(15-5-3-10-20-15)17-21(18,19)13-8-6-12(11-16)7-9-13/h3,5-10,14,17H,2,4,11,16H2,1H3. The molecule has 6 heteroatoms. The molecule has 0 aliphatic rings. The number of nitrogens with one attached hydrogen (secondary N) is 1. The van der Waals surface area contributed by atoms with Crippen LogP contribution in [-0.2, 0) is 16.6 Å². The molecule has 0 saturated carbocycles. The maximum Gasteiger partial charge on any atom is 0.241 e. The van der Waals surface area contributed by atoms with Crippen molar-refractivity contribution in [1.29, 1.82) is 0 Å². The second-order valence-corrected chi connectivity index (χ2v) is 7.52. The lowest BCUT2D eigenvalue weighted by Crippen LogP contribution is -2.28. The van der Waals surface area contributed by atoms with Gasteiger partial charge >= 0.3 is 0 Å². The van der Waals surface area contributed by atoms with Crippen molar-refractivity contribution in [2.24, 2.45) is 5.73 Å². The van der Waals surface area contributed by atoms with Gasteiger partial charge in [0.25, 0.3) is 0 Å². The molecule has 0 aliphatic carbocycles. The van der Waals surface area contributed by atoms with Crippen molar-refractivity contribution >= 4 is 21.4 Å². The van der Waals surface area contributed by atoms with Crippen molar-refractivity contribution in [3.8, 4) is 0 Å². The van der Waals surface area contributed by atoms with Crippen LogP contribution in [0.1, 0.15) is 36.2 Å².